The number of hydrogen-bond donors (Lipinski definition) is 1. The summed E-state index contributed by atoms with van der Waals surface area (Å²) < 4.78 is 48.8. The van der Waals surface area contributed by atoms with Gasteiger partial charge in [0, 0.05) is 30.3 Å². The predicted octanol–water partition coefficient (Wildman–Crippen LogP) is 3.15. The molecule has 1 saturated heterocycles. The number of benzene rings is 1. The van der Waals surface area contributed by atoms with E-state index in [1.165, 1.54) is 24.3 Å². The van der Waals surface area contributed by atoms with Crippen LogP contribution < -0.4 is 5.32 Å². The SMILES string of the molecule is O=C(Nc1ccc(Cl)cc1)OC(CN1CCOCC1)C(F)(F)F. The maximum absolute atomic E-state index is 13.0. The van der Waals surface area contributed by atoms with E-state index in [1.54, 1.807) is 4.90 Å². The van der Waals surface area contributed by atoms with Crippen LogP contribution in [0.2, 0.25) is 5.02 Å². The fraction of sp³-hybridized carbons (Fsp3) is 0.500. The van der Waals surface area contributed by atoms with E-state index in [4.69, 9.17) is 16.3 Å². The largest absolute Gasteiger partial charge is 0.435 e. The van der Waals surface area contributed by atoms with Crippen LogP contribution in [0.4, 0.5) is 23.7 Å². The number of rotatable bonds is 4. The zero-order valence-corrected chi connectivity index (χ0v) is 12.9. The van der Waals surface area contributed by atoms with Crippen molar-refractivity contribution < 1.29 is 27.4 Å². The zero-order valence-electron chi connectivity index (χ0n) is 12.1. The molecule has 1 atom stereocenters. The molecule has 0 bridgehead atoms. The van der Waals surface area contributed by atoms with Crippen LogP contribution in [0.25, 0.3) is 0 Å². The Morgan fingerprint density at radius 1 is 1.30 bits per heavy atom. The molecule has 1 aliphatic rings. The van der Waals surface area contributed by atoms with Gasteiger partial charge in [-0.15, -0.1) is 0 Å². The summed E-state index contributed by atoms with van der Waals surface area (Å²) in [7, 11) is 0. The van der Waals surface area contributed by atoms with Crippen molar-refractivity contribution in [3.63, 3.8) is 0 Å². The number of hydrogen-bond acceptors (Lipinski definition) is 4. The Kier molecular flexibility index (Phi) is 6.09. The smallest absolute Gasteiger partial charge is 0.426 e. The quantitative estimate of drug-likeness (QED) is 0.904. The molecule has 5 nitrogen and oxygen atoms in total. The first-order valence-corrected chi connectivity index (χ1v) is 7.32. The van der Waals surface area contributed by atoms with E-state index in [1.807, 2.05) is 0 Å². The number of morpholine rings is 1. The molecule has 9 heteroatoms. The number of carbonyl (C=O) groups is 1. The Bertz CT molecular complexity index is 519. The zero-order chi connectivity index (χ0) is 16.9. The van der Waals surface area contributed by atoms with E-state index in [0.717, 1.165) is 0 Å². The lowest BCUT2D eigenvalue weighted by atomic mass is 10.3. The Hall–Kier alpha value is -1.51. The Labute approximate surface area is 136 Å². The molecule has 128 valence electrons. The number of nitrogens with one attached hydrogen (secondary N) is 1. The molecular formula is C14H16ClF3N2O3. The van der Waals surface area contributed by atoms with Gasteiger partial charge in [0.1, 0.15) is 0 Å². The highest BCUT2D eigenvalue weighted by atomic mass is 35.5. The maximum Gasteiger partial charge on any atom is 0.426 e. The number of amides is 1. The number of ether oxygens (including phenoxy) is 2. The van der Waals surface area contributed by atoms with Crippen molar-refractivity contribution in [2.24, 2.45) is 0 Å². The Morgan fingerprint density at radius 3 is 2.48 bits per heavy atom. The number of halogens is 4. The van der Waals surface area contributed by atoms with Gasteiger partial charge < -0.3 is 9.47 Å². The van der Waals surface area contributed by atoms with Crippen molar-refractivity contribution in [2.75, 3.05) is 38.2 Å². The summed E-state index contributed by atoms with van der Waals surface area (Å²) in [5.74, 6) is 0. The molecule has 0 aromatic heterocycles. The summed E-state index contributed by atoms with van der Waals surface area (Å²) in [6.07, 6.45) is -8.01. The first-order valence-electron chi connectivity index (χ1n) is 6.94. The van der Waals surface area contributed by atoms with Crippen LogP contribution in [0.3, 0.4) is 0 Å². The first kappa shape index (κ1) is 17.8. The fourth-order valence-corrected chi connectivity index (χ4v) is 2.16. The fourth-order valence-electron chi connectivity index (χ4n) is 2.04. The number of nitrogens with zero attached hydrogens (tertiary/aromatic N) is 1. The van der Waals surface area contributed by atoms with Crippen LogP contribution in [0, 0.1) is 0 Å². The van der Waals surface area contributed by atoms with Crippen LogP contribution in [0.5, 0.6) is 0 Å². The number of anilines is 1. The molecule has 0 aliphatic carbocycles. The predicted molar refractivity (Wildman–Crippen MR) is 78.7 cm³/mol. The minimum atomic E-state index is -4.64. The third-order valence-electron chi connectivity index (χ3n) is 3.23. The van der Waals surface area contributed by atoms with Crippen LogP contribution in [-0.2, 0) is 9.47 Å². The second-order valence-electron chi connectivity index (χ2n) is 4.98. The highest BCUT2D eigenvalue weighted by Gasteiger charge is 2.44. The molecule has 0 radical (unpaired) electrons. The lowest BCUT2D eigenvalue weighted by molar-refractivity contribution is -0.208. The summed E-state index contributed by atoms with van der Waals surface area (Å²) >= 11 is 5.69. The monoisotopic (exact) mass is 352 g/mol. The van der Waals surface area contributed by atoms with Crippen LogP contribution in [0.1, 0.15) is 0 Å². The standard InChI is InChI=1S/C14H16ClF3N2O3/c15-10-1-3-11(4-2-10)19-13(21)23-12(14(16,17)18)9-20-5-7-22-8-6-20/h1-4,12H,5-9H2,(H,19,21). The molecule has 1 fully saturated rings. The van der Waals surface area contributed by atoms with E-state index < -0.39 is 24.9 Å². The van der Waals surface area contributed by atoms with E-state index in [-0.39, 0.29) is 0 Å². The highest BCUT2D eigenvalue weighted by molar-refractivity contribution is 6.30. The second kappa shape index (κ2) is 7.85. The summed E-state index contributed by atoms with van der Waals surface area (Å²) in [6.45, 7) is 1.05. The summed E-state index contributed by atoms with van der Waals surface area (Å²) in [6, 6.07) is 5.95. The molecule has 1 aromatic carbocycles. The molecule has 1 heterocycles. The highest BCUT2D eigenvalue weighted by Crippen LogP contribution is 2.25. The molecule has 1 aliphatic heterocycles. The Balaban J connectivity index is 1.93. The molecule has 1 aromatic rings. The summed E-state index contributed by atoms with van der Waals surface area (Å²) in [5.41, 5.74) is 0.298. The van der Waals surface area contributed by atoms with Gasteiger partial charge in [0.15, 0.2) is 0 Å². The molecular weight excluding hydrogens is 337 g/mol. The maximum atomic E-state index is 13.0. The first-order chi connectivity index (χ1) is 10.8. The Morgan fingerprint density at radius 2 is 1.91 bits per heavy atom. The molecule has 1 N–H and O–H groups in total. The average Bonchev–Trinajstić information content (AvgIpc) is 2.49. The number of carbonyl (C=O) groups excluding carboxylic acids is 1. The van der Waals surface area contributed by atoms with Crippen molar-refractivity contribution >= 4 is 23.4 Å². The van der Waals surface area contributed by atoms with Crippen molar-refractivity contribution in [3.8, 4) is 0 Å². The van der Waals surface area contributed by atoms with E-state index in [9.17, 15) is 18.0 Å². The van der Waals surface area contributed by atoms with Crippen LogP contribution in [-0.4, -0.2) is 56.1 Å². The van der Waals surface area contributed by atoms with E-state index >= 15 is 0 Å². The minimum absolute atomic E-state index is 0.298. The van der Waals surface area contributed by atoms with Gasteiger partial charge in [0.2, 0.25) is 6.10 Å². The van der Waals surface area contributed by atoms with Gasteiger partial charge in [-0.25, -0.2) is 4.79 Å². The van der Waals surface area contributed by atoms with Gasteiger partial charge in [-0.1, -0.05) is 11.6 Å². The second-order valence-corrected chi connectivity index (χ2v) is 5.42. The van der Waals surface area contributed by atoms with Crippen LogP contribution >= 0.6 is 11.6 Å². The van der Waals surface area contributed by atoms with Gasteiger partial charge >= 0.3 is 12.3 Å². The van der Waals surface area contributed by atoms with Gasteiger partial charge in [-0.3, -0.25) is 10.2 Å². The van der Waals surface area contributed by atoms with Gasteiger partial charge in [0.05, 0.1) is 13.2 Å². The number of alkyl halides is 3. The third-order valence-corrected chi connectivity index (χ3v) is 3.48. The molecule has 1 unspecified atom stereocenters. The van der Waals surface area contributed by atoms with Crippen molar-refractivity contribution in [1.82, 2.24) is 4.90 Å². The lowest BCUT2D eigenvalue weighted by Gasteiger charge is -2.30. The topological polar surface area (TPSA) is 50.8 Å². The molecule has 2 rings (SSSR count). The molecule has 0 saturated carbocycles. The lowest BCUT2D eigenvalue weighted by Crippen LogP contribution is -2.48. The third kappa shape index (κ3) is 5.89. The van der Waals surface area contributed by atoms with Crippen molar-refractivity contribution in [1.29, 1.82) is 0 Å². The van der Waals surface area contributed by atoms with Gasteiger partial charge in [-0.05, 0) is 24.3 Å². The van der Waals surface area contributed by atoms with Gasteiger partial charge in [-0.2, -0.15) is 13.2 Å². The average molecular weight is 353 g/mol. The van der Waals surface area contributed by atoms with E-state index in [2.05, 4.69) is 10.1 Å². The van der Waals surface area contributed by atoms with E-state index in [0.29, 0.717) is 37.0 Å². The molecule has 1 amide bonds. The van der Waals surface area contributed by atoms with Crippen molar-refractivity contribution in [3.05, 3.63) is 29.3 Å². The molecule has 0 spiro atoms. The molecule has 23 heavy (non-hydrogen) atoms. The van der Waals surface area contributed by atoms with Gasteiger partial charge in [0.25, 0.3) is 0 Å². The summed E-state index contributed by atoms with van der Waals surface area (Å²) in [4.78, 5) is 13.2. The van der Waals surface area contributed by atoms with Crippen LogP contribution in [0.15, 0.2) is 24.3 Å². The van der Waals surface area contributed by atoms with Crippen molar-refractivity contribution in [2.45, 2.75) is 12.3 Å². The minimum Gasteiger partial charge on any atom is -0.435 e. The normalized spacial score (nSPS) is 17.6. The summed E-state index contributed by atoms with van der Waals surface area (Å²) in [5, 5.41) is 2.69.